The van der Waals surface area contributed by atoms with Crippen LogP contribution in [-0.4, -0.2) is 56.8 Å². The zero-order valence-electron chi connectivity index (χ0n) is 19.1. The summed E-state index contributed by atoms with van der Waals surface area (Å²) in [4.78, 5) is 7.70. The molecule has 3 aliphatic rings. The van der Waals surface area contributed by atoms with Crippen molar-refractivity contribution in [1.29, 1.82) is 0 Å². The van der Waals surface area contributed by atoms with E-state index in [0.717, 1.165) is 30.2 Å². The number of piperidine rings is 1. The SMILES string of the molecule is Cc1nnc(CN=C(NC2CCCCC2)NC2CCCN(C3CCCCC3)C2)n1C. The first kappa shape index (κ1) is 21.6. The smallest absolute Gasteiger partial charge is 0.192 e. The molecule has 1 saturated heterocycles. The summed E-state index contributed by atoms with van der Waals surface area (Å²) in [6.45, 7) is 4.97. The Hall–Kier alpha value is -1.63. The molecular formula is C23H41N7. The van der Waals surface area contributed by atoms with E-state index in [4.69, 9.17) is 4.99 Å². The Morgan fingerprint density at radius 2 is 1.57 bits per heavy atom. The molecule has 0 bridgehead atoms. The number of rotatable bonds is 5. The third-order valence-electron chi connectivity index (χ3n) is 7.39. The van der Waals surface area contributed by atoms with Gasteiger partial charge >= 0.3 is 0 Å². The molecule has 1 aliphatic heterocycles. The largest absolute Gasteiger partial charge is 0.354 e. The van der Waals surface area contributed by atoms with Crippen molar-refractivity contribution in [3.8, 4) is 0 Å². The van der Waals surface area contributed by atoms with Crippen LogP contribution >= 0.6 is 0 Å². The molecule has 1 unspecified atom stereocenters. The third-order valence-corrected chi connectivity index (χ3v) is 7.39. The van der Waals surface area contributed by atoms with Crippen LogP contribution in [0.15, 0.2) is 4.99 Å². The molecule has 2 N–H and O–H groups in total. The molecule has 168 valence electrons. The van der Waals surface area contributed by atoms with Crippen molar-refractivity contribution in [3.05, 3.63) is 11.6 Å². The van der Waals surface area contributed by atoms with E-state index in [1.807, 2.05) is 18.5 Å². The molecule has 1 aromatic heterocycles. The monoisotopic (exact) mass is 415 g/mol. The molecule has 2 heterocycles. The summed E-state index contributed by atoms with van der Waals surface area (Å²) >= 11 is 0. The molecule has 3 fully saturated rings. The molecule has 1 aromatic rings. The molecule has 1 atom stereocenters. The molecule has 0 amide bonds. The Kier molecular flexibility index (Phi) is 7.63. The fourth-order valence-electron chi connectivity index (χ4n) is 5.41. The zero-order chi connectivity index (χ0) is 20.8. The predicted octanol–water partition coefficient (Wildman–Crippen LogP) is 3.29. The fourth-order valence-corrected chi connectivity index (χ4v) is 5.41. The number of nitrogens with zero attached hydrogens (tertiary/aromatic N) is 5. The van der Waals surface area contributed by atoms with Gasteiger partial charge in [0.15, 0.2) is 11.8 Å². The van der Waals surface area contributed by atoms with E-state index in [9.17, 15) is 0 Å². The minimum Gasteiger partial charge on any atom is -0.354 e. The number of aromatic nitrogens is 3. The van der Waals surface area contributed by atoms with E-state index in [-0.39, 0.29) is 0 Å². The Bertz CT molecular complexity index is 686. The van der Waals surface area contributed by atoms with Gasteiger partial charge in [0.1, 0.15) is 12.4 Å². The van der Waals surface area contributed by atoms with Crippen LogP contribution in [0, 0.1) is 6.92 Å². The van der Waals surface area contributed by atoms with Gasteiger partial charge in [-0.1, -0.05) is 38.5 Å². The van der Waals surface area contributed by atoms with Crippen LogP contribution in [0.4, 0.5) is 0 Å². The van der Waals surface area contributed by atoms with Crippen LogP contribution in [-0.2, 0) is 13.6 Å². The summed E-state index contributed by atoms with van der Waals surface area (Å²) in [5, 5.41) is 16.0. The molecule has 7 heteroatoms. The number of hydrogen-bond donors (Lipinski definition) is 2. The second-order valence-corrected chi connectivity index (χ2v) is 9.64. The molecule has 0 aromatic carbocycles. The standard InChI is InChI=1S/C23H41N7/c1-18-27-28-22(29(18)2)16-24-23(25-19-10-5-3-6-11-19)26-20-12-9-15-30(17-20)21-13-7-4-8-14-21/h19-21H,3-17H2,1-2H3,(H2,24,25,26). The molecule has 4 rings (SSSR count). The van der Waals surface area contributed by atoms with Gasteiger partial charge in [-0.3, -0.25) is 4.90 Å². The molecule has 7 nitrogen and oxygen atoms in total. The van der Waals surface area contributed by atoms with Gasteiger partial charge in [0, 0.05) is 31.7 Å². The Morgan fingerprint density at radius 3 is 2.27 bits per heavy atom. The molecule has 30 heavy (non-hydrogen) atoms. The van der Waals surface area contributed by atoms with E-state index in [1.54, 1.807) is 0 Å². The Balaban J connectivity index is 1.40. The highest BCUT2D eigenvalue weighted by atomic mass is 15.3. The summed E-state index contributed by atoms with van der Waals surface area (Å²) in [6, 6.07) is 1.83. The lowest BCUT2D eigenvalue weighted by atomic mass is 9.92. The van der Waals surface area contributed by atoms with Gasteiger partial charge in [-0.15, -0.1) is 10.2 Å². The normalized spacial score (nSPS) is 25.4. The molecule has 2 saturated carbocycles. The van der Waals surface area contributed by atoms with Crippen LogP contribution in [0.5, 0.6) is 0 Å². The number of aryl methyl sites for hydroxylation is 1. The van der Waals surface area contributed by atoms with Crippen LogP contribution < -0.4 is 10.6 Å². The first-order chi connectivity index (χ1) is 14.7. The van der Waals surface area contributed by atoms with Crippen molar-refractivity contribution >= 4 is 5.96 Å². The van der Waals surface area contributed by atoms with E-state index in [1.165, 1.54) is 83.6 Å². The van der Waals surface area contributed by atoms with Crippen molar-refractivity contribution < 1.29 is 0 Å². The highest BCUT2D eigenvalue weighted by Gasteiger charge is 2.28. The van der Waals surface area contributed by atoms with Crippen molar-refractivity contribution in [1.82, 2.24) is 30.3 Å². The summed E-state index contributed by atoms with van der Waals surface area (Å²) in [5.74, 6) is 2.83. The Labute approximate surface area is 182 Å². The Morgan fingerprint density at radius 1 is 0.900 bits per heavy atom. The lowest BCUT2D eigenvalue weighted by Gasteiger charge is -2.40. The summed E-state index contributed by atoms with van der Waals surface area (Å²) in [6.07, 6.45) is 16.1. The van der Waals surface area contributed by atoms with Crippen LogP contribution in [0.1, 0.15) is 88.7 Å². The number of hydrogen-bond acceptors (Lipinski definition) is 4. The highest BCUT2D eigenvalue weighted by Crippen LogP contribution is 2.25. The average Bonchev–Trinajstić information content (AvgIpc) is 3.11. The van der Waals surface area contributed by atoms with Gasteiger partial charge < -0.3 is 15.2 Å². The van der Waals surface area contributed by atoms with Gasteiger partial charge in [0.2, 0.25) is 0 Å². The second kappa shape index (κ2) is 10.6. The summed E-state index contributed by atoms with van der Waals surface area (Å²) < 4.78 is 2.03. The molecule has 0 spiro atoms. The third kappa shape index (κ3) is 5.74. The maximum absolute atomic E-state index is 4.95. The predicted molar refractivity (Wildman–Crippen MR) is 121 cm³/mol. The van der Waals surface area contributed by atoms with Crippen molar-refractivity contribution in [2.24, 2.45) is 12.0 Å². The first-order valence-corrected chi connectivity index (χ1v) is 12.4. The maximum Gasteiger partial charge on any atom is 0.192 e. The lowest BCUT2D eigenvalue weighted by molar-refractivity contribution is 0.115. The average molecular weight is 416 g/mol. The number of guanidine groups is 1. The first-order valence-electron chi connectivity index (χ1n) is 12.4. The van der Waals surface area contributed by atoms with Crippen LogP contribution in [0.25, 0.3) is 0 Å². The minimum absolute atomic E-state index is 0.483. The van der Waals surface area contributed by atoms with Crippen LogP contribution in [0.3, 0.4) is 0 Å². The van der Waals surface area contributed by atoms with Gasteiger partial charge in [-0.25, -0.2) is 4.99 Å². The maximum atomic E-state index is 4.95. The quantitative estimate of drug-likeness (QED) is 0.570. The van der Waals surface area contributed by atoms with E-state index < -0.39 is 0 Å². The minimum atomic E-state index is 0.483. The van der Waals surface area contributed by atoms with E-state index in [2.05, 4.69) is 25.7 Å². The number of aliphatic imine (C=N–C) groups is 1. The van der Waals surface area contributed by atoms with E-state index in [0.29, 0.717) is 18.6 Å². The summed E-state index contributed by atoms with van der Waals surface area (Å²) in [5.41, 5.74) is 0. The number of likely N-dealkylation sites (tertiary alicyclic amines) is 1. The van der Waals surface area contributed by atoms with Gasteiger partial charge in [0.05, 0.1) is 0 Å². The van der Waals surface area contributed by atoms with E-state index >= 15 is 0 Å². The second-order valence-electron chi connectivity index (χ2n) is 9.64. The molecule has 2 aliphatic carbocycles. The highest BCUT2D eigenvalue weighted by molar-refractivity contribution is 5.80. The van der Waals surface area contributed by atoms with Crippen molar-refractivity contribution in [2.75, 3.05) is 13.1 Å². The van der Waals surface area contributed by atoms with Crippen molar-refractivity contribution in [3.63, 3.8) is 0 Å². The molecular weight excluding hydrogens is 374 g/mol. The van der Waals surface area contributed by atoms with Crippen molar-refractivity contribution in [2.45, 2.75) is 109 Å². The zero-order valence-corrected chi connectivity index (χ0v) is 19.1. The summed E-state index contributed by atoms with van der Waals surface area (Å²) in [7, 11) is 2.02. The molecule has 0 radical (unpaired) electrons. The lowest BCUT2D eigenvalue weighted by Crippen LogP contribution is -2.55. The van der Waals surface area contributed by atoms with Gasteiger partial charge in [-0.2, -0.15) is 0 Å². The number of nitrogens with one attached hydrogen (secondary N) is 2. The van der Waals surface area contributed by atoms with Gasteiger partial charge in [-0.05, 0) is 52.0 Å². The fraction of sp³-hybridized carbons (Fsp3) is 0.870. The van der Waals surface area contributed by atoms with Crippen LogP contribution in [0.2, 0.25) is 0 Å². The topological polar surface area (TPSA) is 70.4 Å². The van der Waals surface area contributed by atoms with Gasteiger partial charge in [0.25, 0.3) is 0 Å².